The van der Waals surface area contributed by atoms with E-state index in [0.29, 0.717) is 53.1 Å². The van der Waals surface area contributed by atoms with Crippen LogP contribution in [-0.2, 0) is 11.2 Å². The van der Waals surface area contributed by atoms with E-state index < -0.39 is 11.8 Å². The number of unbranched alkanes of at least 4 members (excludes halogenated alkanes) is 1. The maximum atomic E-state index is 14.7. The molecule has 2 aromatic heterocycles. The average Bonchev–Trinajstić information content (AvgIpc) is 3.73. The first-order valence-corrected chi connectivity index (χ1v) is 19.2. The summed E-state index contributed by atoms with van der Waals surface area (Å²) in [6.45, 7) is 5.72. The summed E-state index contributed by atoms with van der Waals surface area (Å²) < 4.78 is 21.5. The Morgan fingerprint density at radius 1 is 1.19 bits per heavy atom. The van der Waals surface area contributed by atoms with Crippen molar-refractivity contribution in [3.05, 3.63) is 70.2 Å². The lowest BCUT2D eigenvalue weighted by atomic mass is 10.00. The number of ether oxygens (including phenoxy) is 1. The van der Waals surface area contributed by atoms with Crippen LogP contribution in [-0.4, -0.2) is 110 Å². The molecule has 0 amide bonds. The van der Waals surface area contributed by atoms with Gasteiger partial charge < -0.3 is 30.7 Å². The molecule has 1 atom stereocenters. The van der Waals surface area contributed by atoms with Crippen LogP contribution in [0.3, 0.4) is 0 Å². The number of nitrogens with two attached hydrogens (primary N) is 1. The van der Waals surface area contributed by atoms with E-state index >= 15 is 0 Å². The Labute approximate surface area is 319 Å². The van der Waals surface area contributed by atoms with E-state index in [1.807, 2.05) is 50.3 Å². The van der Waals surface area contributed by atoms with Gasteiger partial charge in [0.05, 0.1) is 23.4 Å². The monoisotopic (exact) mass is 763 g/mol. The number of fused-ring (bicyclic) bond motifs is 1. The maximum absolute atomic E-state index is 14.7. The van der Waals surface area contributed by atoms with E-state index in [0.717, 1.165) is 42.7 Å². The number of carbonyl (C=O) groups is 1. The average molecular weight is 764 g/mol. The second kappa shape index (κ2) is 20.7. The van der Waals surface area contributed by atoms with Gasteiger partial charge >= 0.3 is 5.97 Å². The summed E-state index contributed by atoms with van der Waals surface area (Å²) in [4.78, 5) is 32.3. The van der Waals surface area contributed by atoms with Crippen LogP contribution < -0.4 is 16.0 Å². The molecule has 12 nitrogen and oxygen atoms in total. The standard InChI is InChI=1S/C38H50FN9O3S2/c1-26(35(41)45-37-43-29-13-6-7-14-31(29)52-37)24-33(40)48(21-9-8-20-47(5)22-18-42-2)38-44-34(36(49)50)32(53-38)15-11-23-51-30-17-16-27(25-28(30)39)12-10-19-46(3)4/h6-7,13-14,17,24-25,27,40,42H,8-9,11,15-16,18-23H2,1-5H3,(H,49,50)(H2,41,43,45)/b26-24-,40-33?. The van der Waals surface area contributed by atoms with Gasteiger partial charge in [0.2, 0.25) is 5.13 Å². The first-order valence-electron chi connectivity index (χ1n) is 17.6. The number of rotatable bonds is 19. The van der Waals surface area contributed by atoms with Gasteiger partial charge in [0, 0.05) is 30.4 Å². The number of halogens is 1. The highest BCUT2D eigenvalue weighted by Crippen LogP contribution is 2.31. The quantitative estimate of drug-likeness (QED) is 0.0489. The molecular formula is C38H50FN9O3S2. The van der Waals surface area contributed by atoms with Crippen LogP contribution in [0.2, 0.25) is 0 Å². The summed E-state index contributed by atoms with van der Waals surface area (Å²) in [7, 11) is 7.86. The number of aliphatic imine (C=N–C) groups is 1. The van der Waals surface area contributed by atoms with E-state index in [4.69, 9.17) is 15.9 Å². The van der Waals surface area contributed by atoms with Gasteiger partial charge in [-0.1, -0.05) is 35.3 Å². The summed E-state index contributed by atoms with van der Waals surface area (Å²) in [6, 6.07) is 7.75. The topological polar surface area (TPSA) is 156 Å². The molecule has 2 heterocycles. The predicted octanol–water partition coefficient (Wildman–Crippen LogP) is 6.07. The fourth-order valence-corrected chi connectivity index (χ4v) is 7.25. The third-order valence-corrected chi connectivity index (χ3v) is 10.3. The minimum Gasteiger partial charge on any atom is -0.491 e. The third-order valence-electron chi connectivity index (χ3n) is 8.21. The summed E-state index contributed by atoms with van der Waals surface area (Å²) in [6.07, 6.45) is 7.82. The van der Waals surface area contributed by atoms with Gasteiger partial charge in [0.1, 0.15) is 11.7 Å². The number of carboxylic acid groups (broad SMARTS) is 1. The van der Waals surface area contributed by atoms with Crippen molar-refractivity contribution < 1.29 is 19.0 Å². The number of aromatic nitrogens is 2. The first kappa shape index (κ1) is 41.3. The number of hydrogen-bond donors (Lipinski definition) is 4. The molecule has 1 unspecified atom stereocenters. The van der Waals surface area contributed by atoms with Crippen molar-refractivity contribution in [2.45, 2.75) is 39.0 Å². The SMILES string of the molecule is CNCCN(C)CCCCN(C(=N)/C=C(/C)C(N)=Nc1nc2ccccc2s1)c1nc(C(=O)O)c(CCCOC2=CCC(C#CCN(C)C)C=C2F)s1. The fraction of sp³-hybridized carbons (Fsp3) is 0.447. The number of benzene rings is 1. The Morgan fingerprint density at radius 3 is 2.68 bits per heavy atom. The van der Waals surface area contributed by atoms with Crippen molar-refractivity contribution >= 4 is 60.8 Å². The zero-order chi connectivity index (χ0) is 38.3. The number of aryl methyl sites for hydroxylation is 1. The van der Waals surface area contributed by atoms with E-state index in [1.54, 1.807) is 24.0 Å². The number of carboxylic acids is 1. The van der Waals surface area contributed by atoms with Crippen molar-refractivity contribution in [2.75, 3.05) is 72.4 Å². The second-order valence-electron chi connectivity index (χ2n) is 12.9. The molecule has 1 aliphatic carbocycles. The number of hydrogen-bond acceptors (Lipinski definition) is 11. The molecule has 0 bridgehead atoms. The summed E-state index contributed by atoms with van der Waals surface area (Å²) in [5.74, 6) is 4.87. The number of nitrogens with zero attached hydrogens (tertiary/aromatic N) is 6. The van der Waals surface area contributed by atoms with Gasteiger partial charge in [-0.2, -0.15) is 0 Å². The van der Waals surface area contributed by atoms with Crippen molar-refractivity contribution in [2.24, 2.45) is 16.6 Å². The molecule has 1 aliphatic rings. The van der Waals surface area contributed by atoms with Crippen LogP contribution in [0.5, 0.6) is 0 Å². The Hall–Kier alpha value is -4.46. The second-order valence-corrected chi connectivity index (χ2v) is 15.0. The zero-order valence-corrected chi connectivity index (χ0v) is 32.7. The molecule has 0 saturated heterocycles. The maximum Gasteiger partial charge on any atom is 0.355 e. The van der Waals surface area contributed by atoms with Crippen molar-refractivity contribution in [3.63, 3.8) is 0 Å². The molecule has 3 aromatic rings. The number of para-hydroxylation sites is 1. The largest absolute Gasteiger partial charge is 0.491 e. The van der Waals surface area contributed by atoms with Crippen LogP contribution in [0.1, 0.15) is 48.0 Å². The number of anilines is 1. The molecule has 1 aromatic carbocycles. The Kier molecular flexibility index (Phi) is 16.1. The minimum atomic E-state index is -1.15. The van der Waals surface area contributed by atoms with E-state index in [-0.39, 0.29) is 35.6 Å². The molecule has 0 radical (unpaired) electrons. The molecule has 0 fully saturated rings. The predicted molar refractivity (Wildman–Crippen MR) is 215 cm³/mol. The van der Waals surface area contributed by atoms with Crippen LogP contribution >= 0.6 is 22.7 Å². The summed E-state index contributed by atoms with van der Waals surface area (Å²) in [5, 5.41) is 23.2. The lowest BCUT2D eigenvalue weighted by Crippen LogP contribution is -2.32. The molecule has 5 N–H and O–H groups in total. The number of allylic oxidation sites excluding steroid dienone is 3. The zero-order valence-electron chi connectivity index (χ0n) is 31.1. The molecule has 53 heavy (non-hydrogen) atoms. The number of thiazole rings is 2. The molecule has 284 valence electrons. The normalized spacial score (nSPS) is 15.0. The molecule has 4 rings (SSSR count). The van der Waals surface area contributed by atoms with Crippen LogP contribution in [0, 0.1) is 23.2 Å². The third kappa shape index (κ3) is 12.9. The van der Waals surface area contributed by atoms with E-state index in [1.165, 1.54) is 28.7 Å². The smallest absolute Gasteiger partial charge is 0.355 e. The first-order chi connectivity index (χ1) is 25.4. The minimum absolute atomic E-state index is 0.0608. The molecule has 0 saturated carbocycles. The Balaban J connectivity index is 1.46. The number of aromatic carboxylic acids is 1. The lowest BCUT2D eigenvalue weighted by Gasteiger charge is -2.22. The number of likely N-dealkylation sites (N-methyl/N-ethyl adjacent to an activating group) is 2. The van der Waals surface area contributed by atoms with Gasteiger partial charge in [-0.3, -0.25) is 10.3 Å². The summed E-state index contributed by atoms with van der Waals surface area (Å²) in [5.41, 5.74) is 7.72. The number of amidine groups is 2. The van der Waals surface area contributed by atoms with Crippen molar-refractivity contribution in [1.29, 1.82) is 5.41 Å². The van der Waals surface area contributed by atoms with Crippen molar-refractivity contribution in [1.82, 2.24) is 25.1 Å². The summed E-state index contributed by atoms with van der Waals surface area (Å²) >= 11 is 2.67. The highest BCUT2D eigenvalue weighted by molar-refractivity contribution is 7.22. The molecular weight excluding hydrogens is 714 g/mol. The fourth-order valence-electron chi connectivity index (χ4n) is 5.27. The van der Waals surface area contributed by atoms with Crippen LogP contribution in [0.25, 0.3) is 10.2 Å². The van der Waals surface area contributed by atoms with Crippen molar-refractivity contribution in [3.8, 4) is 11.8 Å². The molecule has 15 heteroatoms. The number of nitrogens with one attached hydrogen (secondary N) is 2. The Bertz CT molecular complexity index is 1870. The van der Waals surface area contributed by atoms with Crippen LogP contribution in [0.4, 0.5) is 14.7 Å². The van der Waals surface area contributed by atoms with Gasteiger partial charge in [-0.25, -0.2) is 24.1 Å². The Morgan fingerprint density at radius 2 is 1.96 bits per heavy atom. The highest BCUT2D eigenvalue weighted by Gasteiger charge is 2.23. The highest BCUT2D eigenvalue weighted by atomic mass is 32.1. The van der Waals surface area contributed by atoms with Crippen LogP contribution in [0.15, 0.2) is 64.6 Å². The lowest BCUT2D eigenvalue weighted by molar-refractivity contribution is 0.0690. The van der Waals surface area contributed by atoms with Gasteiger partial charge in [0.15, 0.2) is 22.4 Å². The van der Waals surface area contributed by atoms with E-state index in [2.05, 4.69) is 44.1 Å². The van der Waals surface area contributed by atoms with Gasteiger partial charge in [-0.15, -0.1) is 11.3 Å². The molecule has 0 aliphatic heterocycles. The van der Waals surface area contributed by atoms with E-state index in [9.17, 15) is 14.3 Å². The molecule has 0 spiro atoms. The van der Waals surface area contributed by atoms with Gasteiger partial charge in [0.25, 0.3) is 0 Å². The van der Waals surface area contributed by atoms with Gasteiger partial charge in [-0.05, 0) is 110 Å².